The van der Waals surface area contributed by atoms with E-state index in [9.17, 15) is 0 Å². The first-order valence-corrected chi connectivity index (χ1v) is 4.23. The maximum absolute atomic E-state index is 4.97. The van der Waals surface area contributed by atoms with Crippen molar-refractivity contribution in [3.8, 4) is 0 Å². The molecule has 0 aliphatic carbocycles. The van der Waals surface area contributed by atoms with Crippen LogP contribution in [-0.2, 0) is 11.2 Å². The van der Waals surface area contributed by atoms with Crippen LogP contribution in [0.1, 0.15) is 17.7 Å². The SMILES string of the molecule is COCCCc1cc(C)ccn1. The van der Waals surface area contributed by atoms with Crippen molar-refractivity contribution in [2.45, 2.75) is 19.8 Å². The molecule has 0 amide bonds. The van der Waals surface area contributed by atoms with Gasteiger partial charge in [-0.2, -0.15) is 0 Å². The van der Waals surface area contributed by atoms with Gasteiger partial charge in [-0.1, -0.05) is 0 Å². The third kappa shape index (κ3) is 3.01. The lowest BCUT2D eigenvalue weighted by Crippen LogP contribution is -1.95. The Morgan fingerprint density at radius 2 is 2.33 bits per heavy atom. The average Bonchev–Trinajstić information content (AvgIpc) is 2.05. The second-order valence-corrected chi connectivity index (χ2v) is 2.92. The topological polar surface area (TPSA) is 22.1 Å². The molecule has 0 aromatic carbocycles. The standard InChI is InChI=1S/C10H15NO/c1-9-5-6-11-10(8-9)4-3-7-12-2/h5-6,8H,3-4,7H2,1-2H3. The summed E-state index contributed by atoms with van der Waals surface area (Å²) in [7, 11) is 1.73. The van der Waals surface area contributed by atoms with E-state index in [4.69, 9.17) is 4.74 Å². The summed E-state index contributed by atoms with van der Waals surface area (Å²) in [6, 6.07) is 4.13. The third-order valence-electron chi connectivity index (χ3n) is 1.75. The fraction of sp³-hybridized carbons (Fsp3) is 0.500. The van der Waals surface area contributed by atoms with Gasteiger partial charge in [0.15, 0.2) is 0 Å². The summed E-state index contributed by atoms with van der Waals surface area (Å²) in [6.07, 6.45) is 3.92. The lowest BCUT2D eigenvalue weighted by Gasteiger charge is -2.00. The van der Waals surface area contributed by atoms with Crippen molar-refractivity contribution < 1.29 is 4.74 Å². The maximum atomic E-state index is 4.97. The molecule has 1 aromatic heterocycles. The number of nitrogens with zero attached hydrogens (tertiary/aromatic N) is 1. The molecule has 0 fully saturated rings. The predicted octanol–water partition coefficient (Wildman–Crippen LogP) is 1.97. The van der Waals surface area contributed by atoms with Crippen LogP contribution in [0.2, 0.25) is 0 Å². The highest BCUT2D eigenvalue weighted by Crippen LogP contribution is 2.02. The number of aryl methyl sites for hydroxylation is 2. The molecule has 0 aliphatic heterocycles. The van der Waals surface area contributed by atoms with E-state index in [0.29, 0.717) is 0 Å². The summed E-state index contributed by atoms with van der Waals surface area (Å²) in [5.41, 5.74) is 2.43. The predicted molar refractivity (Wildman–Crippen MR) is 49.2 cm³/mol. The van der Waals surface area contributed by atoms with E-state index in [2.05, 4.69) is 18.0 Å². The van der Waals surface area contributed by atoms with Crippen molar-refractivity contribution >= 4 is 0 Å². The van der Waals surface area contributed by atoms with E-state index in [0.717, 1.165) is 25.1 Å². The second-order valence-electron chi connectivity index (χ2n) is 2.92. The van der Waals surface area contributed by atoms with E-state index in [1.165, 1.54) is 5.56 Å². The fourth-order valence-electron chi connectivity index (χ4n) is 1.13. The molecule has 2 nitrogen and oxygen atoms in total. The number of methoxy groups -OCH3 is 1. The minimum Gasteiger partial charge on any atom is -0.385 e. The highest BCUT2D eigenvalue weighted by Gasteiger charge is 1.93. The first-order chi connectivity index (χ1) is 5.83. The Hall–Kier alpha value is -0.890. The van der Waals surface area contributed by atoms with Crippen LogP contribution in [-0.4, -0.2) is 18.7 Å². The molecule has 1 heterocycles. The Balaban J connectivity index is 2.41. The van der Waals surface area contributed by atoms with Crippen LogP contribution in [0.4, 0.5) is 0 Å². The lowest BCUT2D eigenvalue weighted by atomic mass is 10.2. The van der Waals surface area contributed by atoms with Crippen LogP contribution in [0, 0.1) is 6.92 Å². The Bertz CT molecular complexity index is 235. The van der Waals surface area contributed by atoms with Gasteiger partial charge in [0, 0.05) is 25.6 Å². The molecule has 0 atom stereocenters. The minimum absolute atomic E-state index is 0.815. The van der Waals surface area contributed by atoms with Crippen LogP contribution in [0.25, 0.3) is 0 Å². The normalized spacial score (nSPS) is 10.2. The van der Waals surface area contributed by atoms with Gasteiger partial charge in [0.2, 0.25) is 0 Å². The van der Waals surface area contributed by atoms with Gasteiger partial charge < -0.3 is 4.74 Å². The fourth-order valence-corrected chi connectivity index (χ4v) is 1.13. The smallest absolute Gasteiger partial charge is 0.0466 e. The molecular weight excluding hydrogens is 150 g/mol. The molecule has 0 radical (unpaired) electrons. The molecule has 0 unspecified atom stereocenters. The van der Waals surface area contributed by atoms with Crippen molar-refractivity contribution in [1.82, 2.24) is 4.98 Å². The van der Waals surface area contributed by atoms with Crippen molar-refractivity contribution in [3.63, 3.8) is 0 Å². The molecule has 1 aromatic rings. The van der Waals surface area contributed by atoms with Gasteiger partial charge in [0.25, 0.3) is 0 Å². The molecule has 0 aliphatic rings. The van der Waals surface area contributed by atoms with Crippen molar-refractivity contribution in [2.24, 2.45) is 0 Å². The second kappa shape index (κ2) is 4.88. The van der Waals surface area contributed by atoms with Gasteiger partial charge in [-0.15, -0.1) is 0 Å². The number of hydrogen-bond donors (Lipinski definition) is 0. The molecular formula is C10H15NO. The molecule has 0 saturated heterocycles. The summed E-state index contributed by atoms with van der Waals surface area (Å²) in [5, 5.41) is 0. The van der Waals surface area contributed by atoms with Gasteiger partial charge in [-0.3, -0.25) is 4.98 Å². The Kier molecular flexibility index (Phi) is 3.74. The Morgan fingerprint density at radius 1 is 1.50 bits per heavy atom. The number of hydrogen-bond acceptors (Lipinski definition) is 2. The molecule has 1 rings (SSSR count). The van der Waals surface area contributed by atoms with Gasteiger partial charge in [0.1, 0.15) is 0 Å². The molecule has 0 saturated carbocycles. The highest BCUT2D eigenvalue weighted by atomic mass is 16.5. The quantitative estimate of drug-likeness (QED) is 0.636. The van der Waals surface area contributed by atoms with E-state index in [1.807, 2.05) is 12.3 Å². The summed E-state index contributed by atoms with van der Waals surface area (Å²) in [4.78, 5) is 4.26. The zero-order valence-corrected chi connectivity index (χ0v) is 7.71. The summed E-state index contributed by atoms with van der Waals surface area (Å²) in [6.45, 7) is 2.90. The van der Waals surface area contributed by atoms with E-state index in [-0.39, 0.29) is 0 Å². The Labute approximate surface area is 73.6 Å². The average molecular weight is 165 g/mol. The minimum atomic E-state index is 0.815. The number of pyridine rings is 1. The van der Waals surface area contributed by atoms with Crippen molar-refractivity contribution in [2.75, 3.05) is 13.7 Å². The van der Waals surface area contributed by atoms with Crippen LogP contribution in [0.5, 0.6) is 0 Å². The van der Waals surface area contributed by atoms with E-state index >= 15 is 0 Å². The van der Waals surface area contributed by atoms with Gasteiger partial charge in [-0.05, 0) is 37.5 Å². The number of ether oxygens (including phenoxy) is 1. The van der Waals surface area contributed by atoms with Gasteiger partial charge in [0.05, 0.1) is 0 Å². The number of aromatic nitrogens is 1. The van der Waals surface area contributed by atoms with Gasteiger partial charge in [-0.25, -0.2) is 0 Å². The third-order valence-corrected chi connectivity index (χ3v) is 1.75. The summed E-state index contributed by atoms with van der Waals surface area (Å²) in [5.74, 6) is 0. The zero-order chi connectivity index (χ0) is 8.81. The van der Waals surface area contributed by atoms with Crippen LogP contribution in [0.15, 0.2) is 18.3 Å². The number of rotatable bonds is 4. The van der Waals surface area contributed by atoms with Crippen LogP contribution < -0.4 is 0 Å². The largest absolute Gasteiger partial charge is 0.385 e. The molecule has 66 valence electrons. The van der Waals surface area contributed by atoms with E-state index in [1.54, 1.807) is 7.11 Å². The summed E-state index contributed by atoms with van der Waals surface area (Å²) >= 11 is 0. The zero-order valence-electron chi connectivity index (χ0n) is 7.71. The first-order valence-electron chi connectivity index (χ1n) is 4.23. The van der Waals surface area contributed by atoms with Gasteiger partial charge >= 0.3 is 0 Å². The molecule has 0 bridgehead atoms. The first kappa shape index (κ1) is 9.20. The molecule has 12 heavy (non-hydrogen) atoms. The molecule has 0 spiro atoms. The molecule has 2 heteroatoms. The van der Waals surface area contributed by atoms with Crippen molar-refractivity contribution in [1.29, 1.82) is 0 Å². The van der Waals surface area contributed by atoms with Crippen molar-refractivity contribution in [3.05, 3.63) is 29.6 Å². The van der Waals surface area contributed by atoms with Crippen LogP contribution in [0.3, 0.4) is 0 Å². The van der Waals surface area contributed by atoms with Crippen LogP contribution >= 0.6 is 0 Å². The highest BCUT2D eigenvalue weighted by molar-refractivity contribution is 5.14. The Morgan fingerprint density at radius 3 is 3.00 bits per heavy atom. The molecule has 0 N–H and O–H groups in total. The monoisotopic (exact) mass is 165 g/mol. The lowest BCUT2D eigenvalue weighted by molar-refractivity contribution is 0.195. The van der Waals surface area contributed by atoms with E-state index < -0.39 is 0 Å². The maximum Gasteiger partial charge on any atom is 0.0466 e. The summed E-state index contributed by atoms with van der Waals surface area (Å²) < 4.78 is 4.97.